The van der Waals surface area contributed by atoms with Crippen molar-refractivity contribution in [1.29, 1.82) is 0 Å². The lowest BCUT2D eigenvalue weighted by Gasteiger charge is -2.12. The molecule has 0 saturated heterocycles. The fourth-order valence-electron chi connectivity index (χ4n) is 3.20. The van der Waals surface area contributed by atoms with Gasteiger partial charge < -0.3 is 4.74 Å². The van der Waals surface area contributed by atoms with Crippen LogP contribution in [0, 0.1) is 12.7 Å². The van der Waals surface area contributed by atoms with E-state index in [1.807, 2.05) is 6.92 Å². The molecule has 2 aromatic carbocycles. The van der Waals surface area contributed by atoms with E-state index in [-0.39, 0.29) is 10.6 Å². The van der Waals surface area contributed by atoms with Crippen LogP contribution in [0.4, 0.5) is 4.39 Å². The van der Waals surface area contributed by atoms with Gasteiger partial charge in [0.15, 0.2) is 0 Å². The molecule has 30 heavy (non-hydrogen) atoms. The Labute approximate surface area is 172 Å². The molecule has 4 aromatic rings. The van der Waals surface area contributed by atoms with Crippen LogP contribution in [0.2, 0.25) is 0 Å². The summed E-state index contributed by atoms with van der Waals surface area (Å²) in [6, 6.07) is 15.6. The Hall–Kier alpha value is -3.52. The first kappa shape index (κ1) is 19.8. The summed E-state index contributed by atoms with van der Waals surface area (Å²) in [5, 5.41) is 0.539. The molecule has 6 nitrogen and oxygen atoms in total. The molecule has 0 radical (unpaired) electrons. The van der Waals surface area contributed by atoms with Crippen molar-refractivity contribution < 1.29 is 22.3 Å². The number of carbonyl (C=O) groups is 1. The number of fused-ring (bicyclic) bond motifs is 1. The van der Waals surface area contributed by atoms with Crippen LogP contribution in [-0.4, -0.2) is 30.5 Å². The molecule has 4 rings (SSSR count). The van der Waals surface area contributed by atoms with Crippen molar-refractivity contribution in [2.24, 2.45) is 0 Å². The number of rotatable bonds is 4. The summed E-state index contributed by atoms with van der Waals surface area (Å²) in [6.07, 6.45) is 1.08. The number of esters is 1. The second kappa shape index (κ2) is 7.38. The van der Waals surface area contributed by atoms with E-state index in [0.29, 0.717) is 22.2 Å². The van der Waals surface area contributed by atoms with Gasteiger partial charge in [-0.1, -0.05) is 29.8 Å². The summed E-state index contributed by atoms with van der Waals surface area (Å²) in [4.78, 5) is 16.5. The van der Waals surface area contributed by atoms with E-state index >= 15 is 0 Å². The van der Waals surface area contributed by atoms with Crippen LogP contribution in [0.3, 0.4) is 0 Å². The zero-order chi connectivity index (χ0) is 21.5. The van der Waals surface area contributed by atoms with Gasteiger partial charge in [0, 0.05) is 10.9 Å². The summed E-state index contributed by atoms with van der Waals surface area (Å²) in [7, 11) is -2.90. The number of hydrogen-bond acceptors (Lipinski definition) is 5. The summed E-state index contributed by atoms with van der Waals surface area (Å²) in [6.45, 7) is 1.85. The number of methoxy groups -OCH3 is 1. The molecule has 2 heterocycles. The topological polar surface area (TPSA) is 78.3 Å². The van der Waals surface area contributed by atoms with E-state index in [9.17, 15) is 17.6 Å². The molecule has 152 valence electrons. The van der Waals surface area contributed by atoms with Gasteiger partial charge in [-0.05, 0) is 43.3 Å². The van der Waals surface area contributed by atoms with Gasteiger partial charge >= 0.3 is 5.97 Å². The highest BCUT2D eigenvalue weighted by Crippen LogP contribution is 2.30. The number of benzene rings is 2. The van der Waals surface area contributed by atoms with E-state index in [4.69, 9.17) is 4.74 Å². The van der Waals surface area contributed by atoms with E-state index in [1.165, 1.54) is 37.4 Å². The standard InChI is InChI=1S/C22H17FN2O4S/c1-14-3-8-18(9-4-14)30(27,28)25-20-11-15(19-10-7-17(23)13-24-19)5-6-16(20)12-21(25)22(26)29-2/h3-13H,1-2H3. The number of halogens is 1. The highest BCUT2D eigenvalue weighted by atomic mass is 32.2. The van der Waals surface area contributed by atoms with Crippen LogP contribution in [0.25, 0.3) is 22.2 Å². The van der Waals surface area contributed by atoms with Gasteiger partial charge in [0.05, 0.1) is 29.4 Å². The van der Waals surface area contributed by atoms with Crippen LogP contribution in [0.5, 0.6) is 0 Å². The summed E-state index contributed by atoms with van der Waals surface area (Å²) in [5.74, 6) is -1.25. The lowest BCUT2D eigenvalue weighted by Crippen LogP contribution is -2.19. The zero-order valence-electron chi connectivity index (χ0n) is 16.2. The predicted octanol–water partition coefficient (Wildman–Crippen LogP) is 4.17. The smallest absolute Gasteiger partial charge is 0.355 e. The molecule has 0 N–H and O–H groups in total. The highest BCUT2D eigenvalue weighted by Gasteiger charge is 2.27. The van der Waals surface area contributed by atoms with Gasteiger partial charge in [0.1, 0.15) is 11.5 Å². The number of nitrogens with zero attached hydrogens (tertiary/aromatic N) is 2. The van der Waals surface area contributed by atoms with Crippen molar-refractivity contribution >= 4 is 26.9 Å². The Balaban J connectivity index is 1.99. The number of aryl methyl sites for hydroxylation is 1. The maximum absolute atomic E-state index is 13.4. The molecular formula is C22H17FN2O4S. The Kier molecular flexibility index (Phi) is 4.87. The Morgan fingerprint density at radius 1 is 1.03 bits per heavy atom. The van der Waals surface area contributed by atoms with Crippen molar-refractivity contribution in [3.05, 3.63) is 83.9 Å². The van der Waals surface area contributed by atoms with Crippen molar-refractivity contribution in [2.45, 2.75) is 11.8 Å². The number of hydrogen-bond donors (Lipinski definition) is 0. The first-order chi connectivity index (χ1) is 14.3. The van der Waals surface area contributed by atoms with Crippen LogP contribution >= 0.6 is 0 Å². The van der Waals surface area contributed by atoms with Crippen molar-refractivity contribution in [3.63, 3.8) is 0 Å². The molecule has 0 aliphatic carbocycles. The molecule has 0 spiro atoms. The number of ether oxygens (including phenoxy) is 1. The minimum absolute atomic E-state index is 0.0427. The number of aromatic nitrogens is 2. The van der Waals surface area contributed by atoms with Crippen molar-refractivity contribution in [3.8, 4) is 11.3 Å². The first-order valence-corrected chi connectivity index (χ1v) is 10.4. The average Bonchev–Trinajstić information content (AvgIpc) is 3.13. The van der Waals surface area contributed by atoms with E-state index in [0.717, 1.165) is 15.7 Å². The fourth-order valence-corrected chi connectivity index (χ4v) is 4.70. The van der Waals surface area contributed by atoms with E-state index in [2.05, 4.69) is 4.98 Å². The number of pyridine rings is 1. The fraction of sp³-hybridized carbons (Fsp3) is 0.0909. The Bertz CT molecular complexity index is 1360. The second-order valence-electron chi connectivity index (χ2n) is 6.74. The molecule has 0 bridgehead atoms. The van der Waals surface area contributed by atoms with Gasteiger partial charge in [-0.3, -0.25) is 4.98 Å². The Morgan fingerprint density at radius 2 is 1.77 bits per heavy atom. The van der Waals surface area contributed by atoms with Crippen molar-refractivity contribution in [1.82, 2.24) is 8.96 Å². The second-order valence-corrected chi connectivity index (χ2v) is 8.53. The van der Waals surface area contributed by atoms with E-state index < -0.39 is 21.8 Å². The third-order valence-corrected chi connectivity index (χ3v) is 6.48. The predicted molar refractivity (Wildman–Crippen MR) is 110 cm³/mol. The quantitative estimate of drug-likeness (QED) is 0.460. The number of carbonyl (C=O) groups excluding carboxylic acids is 1. The molecule has 0 atom stereocenters. The molecule has 0 aliphatic heterocycles. The van der Waals surface area contributed by atoms with Crippen LogP contribution in [0.15, 0.2) is 71.8 Å². The van der Waals surface area contributed by atoms with Crippen LogP contribution in [0.1, 0.15) is 16.1 Å². The summed E-state index contributed by atoms with van der Waals surface area (Å²) >= 11 is 0. The van der Waals surface area contributed by atoms with Gasteiger partial charge in [-0.25, -0.2) is 21.6 Å². The minimum atomic E-state index is -4.10. The largest absolute Gasteiger partial charge is 0.464 e. The van der Waals surface area contributed by atoms with Crippen molar-refractivity contribution in [2.75, 3.05) is 7.11 Å². The third kappa shape index (κ3) is 3.35. The van der Waals surface area contributed by atoms with E-state index in [1.54, 1.807) is 30.3 Å². The van der Waals surface area contributed by atoms with Gasteiger partial charge in [0.25, 0.3) is 10.0 Å². The third-order valence-electron chi connectivity index (χ3n) is 4.74. The zero-order valence-corrected chi connectivity index (χ0v) is 17.0. The van der Waals surface area contributed by atoms with Gasteiger partial charge in [-0.15, -0.1) is 0 Å². The lowest BCUT2D eigenvalue weighted by atomic mass is 10.1. The maximum atomic E-state index is 13.4. The average molecular weight is 424 g/mol. The molecule has 0 fully saturated rings. The molecular weight excluding hydrogens is 407 g/mol. The molecule has 8 heteroatoms. The monoisotopic (exact) mass is 424 g/mol. The molecule has 0 amide bonds. The molecule has 0 saturated carbocycles. The summed E-state index contributed by atoms with van der Waals surface area (Å²) < 4.78 is 45.9. The molecule has 0 unspecified atom stereocenters. The summed E-state index contributed by atoms with van der Waals surface area (Å²) in [5.41, 5.74) is 2.14. The van der Waals surface area contributed by atoms with Crippen LogP contribution in [-0.2, 0) is 14.8 Å². The normalized spacial score (nSPS) is 11.6. The van der Waals surface area contributed by atoms with Gasteiger partial charge in [0.2, 0.25) is 0 Å². The maximum Gasteiger partial charge on any atom is 0.355 e. The van der Waals surface area contributed by atoms with Gasteiger partial charge in [-0.2, -0.15) is 0 Å². The minimum Gasteiger partial charge on any atom is -0.464 e. The SMILES string of the molecule is COC(=O)c1cc2ccc(-c3ccc(F)cn3)cc2n1S(=O)(=O)c1ccc(C)cc1. The molecule has 2 aromatic heterocycles. The Morgan fingerprint density at radius 3 is 2.40 bits per heavy atom. The highest BCUT2D eigenvalue weighted by molar-refractivity contribution is 7.90. The van der Waals surface area contributed by atoms with Crippen LogP contribution < -0.4 is 0 Å². The molecule has 0 aliphatic rings. The lowest BCUT2D eigenvalue weighted by molar-refractivity contribution is 0.0593. The first-order valence-electron chi connectivity index (χ1n) is 8.99.